The largest absolute Gasteiger partial charge is 0.314 e. The van der Waals surface area contributed by atoms with Gasteiger partial charge in [-0.25, -0.2) is 0 Å². The van der Waals surface area contributed by atoms with E-state index in [4.69, 9.17) is 5.26 Å². The number of nitrogens with one attached hydrogen (secondary N) is 1. The summed E-state index contributed by atoms with van der Waals surface area (Å²) >= 11 is 7.01. The molecule has 0 aromatic heterocycles. The van der Waals surface area contributed by atoms with Gasteiger partial charge in [-0.2, -0.15) is 5.26 Å². The lowest BCUT2D eigenvalue weighted by Crippen LogP contribution is -2.45. The molecular formula is C13H15Br2N3. The molecule has 1 saturated heterocycles. The normalized spacial score (nSPS) is 18.3. The van der Waals surface area contributed by atoms with Gasteiger partial charge >= 0.3 is 0 Å². The summed E-state index contributed by atoms with van der Waals surface area (Å²) in [6, 6.07) is 8.74. The number of hydrogen-bond donors (Lipinski definition) is 1. The van der Waals surface area contributed by atoms with Crippen molar-refractivity contribution in [2.45, 2.75) is 12.5 Å². The molecule has 0 aliphatic carbocycles. The molecule has 0 radical (unpaired) electrons. The highest BCUT2D eigenvalue weighted by molar-refractivity contribution is 9.13. The van der Waals surface area contributed by atoms with Gasteiger partial charge in [0.1, 0.15) is 0 Å². The van der Waals surface area contributed by atoms with Crippen molar-refractivity contribution in [3.05, 3.63) is 32.7 Å². The first-order valence-corrected chi connectivity index (χ1v) is 7.57. The van der Waals surface area contributed by atoms with Gasteiger partial charge in [-0.3, -0.25) is 4.90 Å². The summed E-state index contributed by atoms with van der Waals surface area (Å²) in [7, 11) is 0. The first-order valence-electron chi connectivity index (χ1n) is 5.99. The summed E-state index contributed by atoms with van der Waals surface area (Å²) in [5.74, 6) is 0. The molecular weight excluding hydrogens is 358 g/mol. The summed E-state index contributed by atoms with van der Waals surface area (Å²) in [5.41, 5.74) is 1.20. The highest BCUT2D eigenvalue weighted by atomic mass is 79.9. The minimum Gasteiger partial charge on any atom is -0.314 e. The fourth-order valence-corrected chi connectivity index (χ4v) is 2.90. The average Bonchev–Trinajstić information content (AvgIpc) is 2.40. The van der Waals surface area contributed by atoms with E-state index in [1.165, 1.54) is 5.56 Å². The minimum atomic E-state index is 0.196. The minimum absolute atomic E-state index is 0.196. The Morgan fingerprint density at radius 3 is 2.61 bits per heavy atom. The van der Waals surface area contributed by atoms with Crippen LogP contribution in [0.25, 0.3) is 0 Å². The molecule has 1 aliphatic heterocycles. The maximum Gasteiger partial charge on any atom is 0.0641 e. The second kappa shape index (κ2) is 6.67. The summed E-state index contributed by atoms with van der Waals surface area (Å²) in [4.78, 5) is 2.38. The molecule has 1 aromatic rings. The van der Waals surface area contributed by atoms with Crippen molar-refractivity contribution in [2.24, 2.45) is 0 Å². The number of halogens is 2. The van der Waals surface area contributed by atoms with Crippen LogP contribution < -0.4 is 5.32 Å². The van der Waals surface area contributed by atoms with Gasteiger partial charge in [0.15, 0.2) is 0 Å². The van der Waals surface area contributed by atoms with Crippen molar-refractivity contribution >= 4 is 31.9 Å². The topological polar surface area (TPSA) is 39.1 Å². The van der Waals surface area contributed by atoms with Crippen LogP contribution in [-0.2, 0) is 0 Å². The Labute approximate surface area is 124 Å². The Kier molecular flexibility index (Phi) is 5.19. The Bertz CT molecular complexity index is 450. The maximum absolute atomic E-state index is 9.04. The molecule has 1 aliphatic rings. The molecule has 3 nitrogen and oxygen atoms in total. The van der Waals surface area contributed by atoms with Crippen LogP contribution in [0.2, 0.25) is 0 Å². The van der Waals surface area contributed by atoms with Crippen molar-refractivity contribution in [1.29, 1.82) is 5.26 Å². The molecule has 1 fully saturated rings. The number of piperazine rings is 1. The molecule has 0 saturated carbocycles. The predicted octanol–water partition coefficient (Wildman–Crippen LogP) is 3.07. The lowest BCUT2D eigenvalue weighted by atomic mass is 10.0. The summed E-state index contributed by atoms with van der Waals surface area (Å²) < 4.78 is 2.08. The van der Waals surface area contributed by atoms with Crippen molar-refractivity contribution in [1.82, 2.24) is 10.2 Å². The number of hydrogen-bond acceptors (Lipinski definition) is 3. The molecule has 0 amide bonds. The lowest BCUT2D eigenvalue weighted by Gasteiger charge is -2.34. The second-order valence-electron chi connectivity index (χ2n) is 4.34. The Hall–Kier alpha value is -0.410. The Balaban J connectivity index is 2.22. The zero-order chi connectivity index (χ0) is 13.0. The van der Waals surface area contributed by atoms with Crippen LogP contribution in [0, 0.1) is 11.3 Å². The van der Waals surface area contributed by atoms with E-state index in [0.29, 0.717) is 6.42 Å². The highest BCUT2D eigenvalue weighted by Gasteiger charge is 2.22. The lowest BCUT2D eigenvalue weighted by molar-refractivity contribution is 0.175. The van der Waals surface area contributed by atoms with E-state index in [9.17, 15) is 0 Å². The molecule has 1 N–H and O–H groups in total. The van der Waals surface area contributed by atoms with Crippen LogP contribution in [-0.4, -0.2) is 31.1 Å². The Morgan fingerprint density at radius 2 is 2.00 bits per heavy atom. The molecule has 0 bridgehead atoms. The molecule has 0 spiro atoms. The molecule has 5 heteroatoms. The molecule has 1 heterocycles. The number of nitrogens with zero attached hydrogens (tertiary/aromatic N) is 2. The monoisotopic (exact) mass is 371 g/mol. The van der Waals surface area contributed by atoms with Gasteiger partial charge in [-0.05, 0) is 49.6 Å². The zero-order valence-electron chi connectivity index (χ0n) is 10.00. The predicted molar refractivity (Wildman–Crippen MR) is 79.3 cm³/mol. The van der Waals surface area contributed by atoms with E-state index >= 15 is 0 Å². The molecule has 1 aromatic carbocycles. The standard InChI is InChI=1S/C13H15Br2N3/c14-11-2-1-10(9-12(11)15)13(3-4-16)18-7-5-17-6-8-18/h1-2,9,13,17H,3,5-8H2/t13-/m0/s1. The number of rotatable bonds is 3. The summed E-state index contributed by atoms with van der Waals surface area (Å²) in [6.07, 6.45) is 0.536. The van der Waals surface area contributed by atoms with Gasteiger partial charge in [0, 0.05) is 41.2 Å². The van der Waals surface area contributed by atoms with Crippen LogP contribution in [0.3, 0.4) is 0 Å². The summed E-state index contributed by atoms with van der Waals surface area (Å²) in [6.45, 7) is 4.00. The van der Waals surface area contributed by atoms with Gasteiger partial charge in [0.2, 0.25) is 0 Å². The third-order valence-electron chi connectivity index (χ3n) is 3.21. The van der Waals surface area contributed by atoms with E-state index < -0.39 is 0 Å². The maximum atomic E-state index is 9.04. The van der Waals surface area contributed by atoms with Gasteiger partial charge in [-0.1, -0.05) is 6.07 Å². The molecule has 2 rings (SSSR count). The van der Waals surface area contributed by atoms with E-state index in [2.05, 4.69) is 60.3 Å². The van der Waals surface area contributed by atoms with E-state index in [-0.39, 0.29) is 6.04 Å². The van der Waals surface area contributed by atoms with E-state index in [0.717, 1.165) is 35.1 Å². The Morgan fingerprint density at radius 1 is 1.28 bits per heavy atom. The van der Waals surface area contributed by atoms with Crippen molar-refractivity contribution in [2.75, 3.05) is 26.2 Å². The smallest absolute Gasteiger partial charge is 0.0641 e. The molecule has 1 atom stereocenters. The average molecular weight is 373 g/mol. The van der Waals surface area contributed by atoms with Crippen LogP contribution in [0.4, 0.5) is 0 Å². The first-order chi connectivity index (χ1) is 8.72. The molecule has 96 valence electrons. The highest BCUT2D eigenvalue weighted by Crippen LogP contribution is 2.30. The summed E-state index contributed by atoms with van der Waals surface area (Å²) in [5, 5.41) is 12.4. The fourth-order valence-electron chi connectivity index (χ4n) is 2.26. The van der Waals surface area contributed by atoms with Gasteiger partial charge in [0.25, 0.3) is 0 Å². The second-order valence-corrected chi connectivity index (χ2v) is 6.05. The van der Waals surface area contributed by atoms with Gasteiger partial charge in [0.05, 0.1) is 12.5 Å². The third-order valence-corrected chi connectivity index (χ3v) is 5.09. The number of benzene rings is 1. The van der Waals surface area contributed by atoms with E-state index in [1.807, 2.05) is 6.07 Å². The van der Waals surface area contributed by atoms with Crippen LogP contribution in [0.15, 0.2) is 27.1 Å². The first kappa shape index (κ1) is 14.0. The molecule has 18 heavy (non-hydrogen) atoms. The van der Waals surface area contributed by atoms with Crippen LogP contribution in [0.1, 0.15) is 18.0 Å². The number of nitriles is 1. The third kappa shape index (κ3) is 3.33. The van der Waals surface area contributed by atoms with Crippen molar-refractivity contribution < 1.29 is 0 Å². The quantitative estimate of drug-likeness (QED) is 0.886. The van der Waals surface area contributed by atoms with Gasteiger partial charge < -0.3 is 5.32 Å². The van der Waals surface area contributed by atoms with Crippen molar-refractivity contribution in [3.63, 3.8) is 0 Å². The fraction of sp³-hybridized carbons (Fsp3) is 0.462. The van der Waals surface area contributed by atoms with Crippen molar-refractivity contribution in [3.8, 4) is 6.07 Å². The van der Waals surface area contributed by atoms with E-state index in [1.54, 1.807) is 0 Å². The van der Waals surface area contributed by atoms with Crippen LogP contribution in [0.5, 0.6) is 0 Å². The SMILES string of the molecule is N#CC[C@@H](c1ccc(Br)c(Br)c1)N1CCNCC1. The van der Waals surface area contributed by atoms with Crippen LogP contribution >= 0.6 is 31.9 Å². The molecule has 0 unspecified atom stereocenters. The van der Waals surface area contributed by atoms with Gasteiger partial charge in [-0.15, -0.1) is 0 Å². The zero-order valence-corrected chi connectivity index (χ0v) is 13.2.